The van der Waals surface area contributed by atoms with Gasteiger partial charge >= 0.3 is 56.2 Å². The fourth-order valence-corrected chi connectivity index (χ4v) is 2.94. The van der Waals surface area contributed by atoms with Gasteiger partial charge in [0.1, 0.15) is 0 Å². The molecule has 0 spiro atoms. The second-order valence-corrected chi connectivity index (χ2v) is 5.51. The van der Waals surface area contributed by atoms with Gasteiger partial charge < -0.3 is 0 Å². The third-order valence-electron chi connectivity index (χ3n) is 1.42. The van der Waals surface area contributed by atoms with Gasteiger partial charge in [-0.05, 0) is 0 Å². The van der Waals surface area contributed by atoms with E-state index >= 15 is 0 Å². The van der Waals surface area contributed by atoms with E-state index in [1.165, 1.54) is 4.61 Å². The normalized spacial score (nSPS) is 37.6. The van der Waals surface area contributed by atoms with Crippen molar-refractivity contribution in [2.24, 2.45) is 4.99 Å². The second kappa shape index (κ2) is 2.20. The molecular weight excluding hydrogens is 165 g/mol. The summed E-state index contributed by atoms with van der Waals surface area (Å²) in [6.45, 7) is 6.62. The SMILES string of the molecule is CC1=NC(C)C(C)[Se]1. The van der Waals surface area contributed by atoms with E-state index in [0.717, 1.165) is 4.82 Å². The summed E-state index contributed by atoms with van der Waals surface area (Å²) in [5.74, 6) is 0. The van der Waals surface area contributed by atoms with Gasteiger partial charge in [0.2, 0.25) is 0 Å². The number of aliphatic imine (C=N–C) groups is 1. The molecule has 0 fully saturated rings. The van der Waals surface area contributed by atoms with E-state index in [0.29, 0.717) is 21.0 Å². The molecule has 0 amide bonds. The maximum absolute atomic E-state index is 4.41. The summed E-state index contributed by atoms with van der Waals surface area (Å²) in [7, 11) is 0. The summed E-state index contributed by atoms with van der Waals surface area (Å²) in [4.78, 5) is 5.26. The molecule has 0 N–H and O–H groups in total. The van der Waals surface area contributed by atoms with E-state index in [1.807, 2.05) is 0 Å². The van der Waals surface area contributed by atoms with E-state index in [4.69, 9.17) is 0 Å². The zero-order valence-electron chi connectivity index (χ0n) is 5.51. The first-order chi connectivity index (χ1) is 3.70. The molecule has 0 saturated heterocycles. The molecule has 0 aliphatic carbocycles. The molecule has 46 valence electrons. The van der Waals surface area contributed by atoms with Crippen LogP contribution in [-0.2, 0) is 0 Å². The van der Waals surface area contributed by atoms with Gasteiger partial charge in [-0.25, -0.2) is 0 Å². The van der Waals surface area contributed by atoms with Gasteiger partial charge in [0, 0.05) is 0 Å². The average molecular weight is 176 g/mol. The molecule has 1 aliphatic heterocycles. The van der Waals surface area contributed by atoms with Gasteiger partial charge in [-0.1, -0.05) is 0 Å². The summed E-state index contributed by atoms with van der Waals surface area (Å²) in [5, 5.41) is 0. The van der Waals surface area contributed by atoms with Crippen LogP contribution in [0.4, 0.5) is 0 Å². The molecule has 1 rings (SSSR count). The Bertz CT molecular complexity index is 120. The summed E-state index contributed by atoms with van der Waals surface area (Å²) in [6, 6.07) is 0.606. The molecule has 0 aromatic carbocycles. The predicted octanol–water partition coefficient (Wildman–Crippen LogP) is 1.32. The Balaban J connectivity index is 2.56. The van der Waals surface area contributed by atoms with Crippen LogP contribution in [0.1, 0.15) is 20.8 Å². The van der Waals surface area contributed by atoms with Gasteiger partial charge in [0.05, 0.1) is 0 Å². The Hall–Kier alpha value is 0.189. The van der Waals surface area contributed by atoms with Gasteiger partial charge in [-0.2, -0.15) is 0 Å². The van der Waals surface area contributed by atoms with Crippen molar-refractivity contribution >= 4 is 19.6 Å². The van der Waals surface area contributed by atoms with E-state index in [-0.39, 0.29) is 0 Å². The van der Waals surface area contributed by atoms with Crippen LogP contribution in [0.15, 0.2) is 4.99 Å². The van der Waals surface area contributed by atoms with Crippen molar-refractivity contribution in [2.75, 3.05) is 0 Å². The van der Waals surface area contributed by atoms with Gasteiger partial charge in [0.15, 0.2) is 0 Å². The van der Waals surface area contributed by atoms with Crippen molar-refractivity contribution in [3.63, 3.8) is 0 Å². The Labute approximate surface area is 56.7 Å². The molecule has 0 aromatic rings. The van der Waals surface area contributed by atoms with Crippen LogP contribution >= 0.6 is 0 Å². The molecule has 8 heavy (non-hydrogen) atoms. The molecule has 2 atom stereocenters. The van der Waals surface area contributed by atoms with E-state index in [2.05, 4.69) is 25.8 Å². The monoisotopic (exact) mass is 177 g/mol. The summed E-state index contributed by atoms with van der Waals surface area (Å²) < 4.78 is 1.39. The predicted molar refractivity (Wildman–Crippen MR) is 37.7 cm³/mol. The summed E-state index contributed by atoms with van der Waals surface area (Å²) in [5.41, 5.74) is 0. The Morgan fingerprint density at radius 2 is 2.12 bits per heavy atom. The average Bonchev–Trinajstić information content (AvgIpc) is 1.85. The summed E-state index contributed by atoms with van der Waals surface area (Å²) >= 11 is 0.708. The zero-order valence-corrected chi connectivity index (χ0v) is 7.22. The Morgan fingerprint density at radius 3 is 2.25 bits per heavy atom. The molecule has 0 bridgehead atoms. The number of hydrogen-bond acceptors (Lipinski definition) is 1. The third-order valence-corrected chi connectivity index (χ3v) is 3.96. The molecule has 0 aromatic heterocycles. The van der Waals surface area contributed by atoms with Crippen LogP contribution < -0.4 is 0 Å². The van der Waals surface area contributed by atoms with Gasteiger partial charge in [-0.15, -0.1) is 0 Å². The Kier molecular flexibility index (Phi) is 1.74. The number of hydrogen-bond donors (Lipinski definition) is 0. The molecule has 2 unspecified atom stereocenters. The quantitative estimate of drug-likeness (QED) is 0.493. The van der Waals surface area contributed by atoms with Crippen molar-refractivity contribution < 1.29 is 0 Å². The van der Waals surface area contributed by atoms with Gasteiger partial charge in [0.25, 0.3) is 0 Å². The fraction of sp³-hybridized carbons (Fsp3) is 0.833. The van der Waals surface area contributed by atoms with Crippen molar-refractivity contribution in [3.8, 4) is 0 Å². The van der Waals surface area contributed by atoms with Crippen LogP contribution in [0.3, 0.4) is 0 Å². The van der Waals surface area contributed by atoms with Crippen LogP contribution in [0.5, 0.6) is 0 Å². The third kappa shape index (κ3) is 1.12. The van der Waals surface area contributed by atoms with Crippen LogP contribution in [0.25, 0.3) is 0 Å². The van der Waals surface area contributed by atoms with E-state index in [1.54, 1.807) is 0 Å². The molecule has 0 saturated carbocycles. The van der Waals surface area contributed by atoms with Crippen molar-refractivity contribution in [3.05, 3.63) is 0 Å². The first-order valence-electron chi connectivity index (χ1n) is 2.91. The molecule has 1 nitrogen and oxygen atoms in total. The standard InChI is InChI=1S/C6H11NSe/c1-4-5(2)8-6(3)7-4/h4-5H,1-3H3. The zero-order chi connectivity index (χ0) is 6.15. The Morgan fingerprint density at radius 1 is 1.50 bits per heavy atom. The first kappa shape index (κ1) is 6.31. The summed E-state index contributed by atoms with van der Waals surface area (Å²) in [6.07, 6.45) is 0. The number of nitrogens with zero attached hydrogens (tertiary/aromatic N) is 1. The van der Waals surface area contributed by atoms with Crippen molar-refractivity contribution in [1.29, 1.82) is 0 Å². The van der Waals surface area contributed by atoms with Crippen LogP contribution in [-0.4, -0.2) is 25.6 Å². The molecular formula is C6H11NSe. The van der Waals surface area contributed by atoms with Crippen LogP contribution in [0, 0.1) is 0 Å². The van der Waals surface area contributed by atoms with Crippen molar-refractivity contribution in [2.45, 2.75) is 31.6 Å². The fourth-order valence-electron chi connectivity index (χ4n) is 0.790. The molecule has 2 heteroatoms. The minimum atomic E-state index is 0.606. The minimum absolute atomic E-state index is 0.606. The van der Waals surface area contributed by atoms with E-state index < -0.39 is 0 Å². The van der Waals surface area contributed by atoms with Crippen molar-refractivity contribution in [1.82, 2.24) is 0 Å². The van der Waals surface area contributed by atoms with Crippen LogP contribution in [0.2, 0.25) is 4.82 Å². The molecule has 1 heterocycles. The molecule has 0 radical (unpaired) electrons. The molecule has 1 aliphatic rings. The topological polar surface area (TPSA) is 12.4 Å². The maximum atomic E-state index is 4.41. The first-order valence-corrected chi connectivity index (χ1v) is 4.76. The second-order valence-electron chi connectivity index (χ2n) is 2.21. The van der Waals surface area contributed by atoms with E-state index in [9.17, 15) is 0 Å². The number of rotatable bonds is 0. The van der Waals surface area contributed by atoms with Gasteiger partial charge in [-0.3, -0.25) is 0 Å².